The van der Waals surface area contributed by atoms with E-state index in [4.69, 9.17) is 4.74 Å². The van der Waals surface area contributed by atoms with E-state index >= 15 is 0 Å². The molecule has 1 aliphatic rings. The summed E-state index contributed by atoms with van der Waals surface area (Å²) in [6.07, 6.45) is 1.47. The monoisotopic (exact) mass is 280 g/mol. The molecule has 0 aromatic carbocycles. The molecule has 110 valence electrons. The lowest BCUT2D eigenvalue weighted by atomic mass is 10.2. The fraction of sp³-hybridized carbons (Fsp3) is 0.615. The first-order valence-electron chi connectivity index (χ1n) is 6.59. The first-order valence-corrected chi connectivity index (χ1v) is 6.59. The van der Waals surface area contributed by atoms with Crippen molar-refractivity contribution in [3.05, 3.63) is 27.9 Å². The second kappa shape index (κ2) is 6.15. The number of ether oxygens (including phenoxy) is 1. The zero-order valence-corrected chi connectivity index (χ0v) is 12.1. The molecule has 1 aromatic heterocycles. The lowest BCUT2D eigenvalue weighted by molar-refractivity contribution is -0.385. The van der Waals surface area contributed by atoms with Gasteiger partial charge in [0.1, 0.15) is 12.0 Å². The van der Waals surface area contributed by atoms with Crippen molar-refractivity contribution >= 4 is 11.5 Å². The van der Waals surface area contributed by atoms with E-state index in [2.05, 4.69) is 14.8 Å². The van der Waals surface area contributed by atoms with Crippen molar-refractivity contribution in [2.45, 2.75) is 13.0 Å². The fourth-order valence-electron chi connectivity index (χ4n) is 2.34. The smallest absolute Gasteiger partial charge is 0.290 e. The molecule has 0 saturated carbocycles. The van der Waals surface area contributed by atoms with Crippen LogP contribution in [-0.4, -0.2) is 61.2 Å². The summed E-state index contributed by atoms with van der Waals surface area (Å²) in [7, 11) is 4.02. The van der Waals surface area contributed by atoms with Gasteiger partial charge < -0.3 is 14.5 Å². The van der Waals surface area contributed by atoms with Crippen molar-refractivity contribution in [1.82, 2.24) is 9.88 Å². The van der Waals surface area contributed by atoms with Crippen LogP contribution in [0.15, 0.2) is 12.3 Å². The minimum Gasteiger partial charge on any atom is -0.373 e. The Bertz CT molecular complexity index is 493. The van der Waals surface area contributed by atoms with Crippen LogP contribution in [0.4, 0.5) is 11.5 Å². The van der Waals surface area contributed by atoms with Gasteiger partial charge in [-0.05, 0) is 27.1 Å². The van der Waals surface area contributed by atoms with Crippen LogP contribution in [0.2, 0.25) is 0 Å². The van der Waals surface area contributed by atoms with Crippen molar-refractivity contribution in [3.63, 3.8) is 0 Å². The Kier molecular flexibility index (Phi) is 4.51. The van der Waals surface area contributed by atoms with Crippen molar-refractivity contribution in [2.75, 3.05) is 45.2 Å². The van der Waals surface area contributed by atoms with E-state index in [0.717, 1.165) is 25.5 Å². The molecule has 0 N–H and O–H groups in total. The molecule has 0 radical (unpaired) electrons. The number of morpholine rings is 1. The molecule has 0 bridgehead atoms. The molecule has 2 heterocycles. The van der Waals surface area contributed by atoms with Gasteiger partial charge in [-0.3, -0.25) is 10.1 Å². The zero-order chi connectivity index (χ0) is 14.7. The van der Waals surface area contributed by atoms with Gasteiger partial charge in [-0.25, -0.2) is 4.98 Å². The second-order valence-electron chi connectivity index (χ2n) is 5.29. The van der Waals surface area contributed by atoms with Gasteiger partial charge in [0.15, 0.2) is 0 Å². The number of nitro groups is 1. The van der Waals surface area contributed by atoms with Crippen molar-refractivity contribution < 1.29 is 9.66 Å². The highest BCUT2D eigenvalue weighted by Gasteiger charge is 2.23. The number of pyridine rings is 1. The Morgan fingerprint density at radius 2 is 2.35 bits per heavy atom. The van der Waals surface area contributed by atoms with Crippen LogP contribution in [0.3, 0.4) is 0 Å². The summed E-state index contributed by atoms with van der Waals surface area (Å²) >= 11 is 0. The van der Waals surface area contributed by atoms with Crippen molar-refractivity contribution in [2.24, 2.45) is 0 Å². The van der Waals surface area contributed by atoms with Crippen LogP contribution in [0, 0.1) is 17.0 Å². The third-order valence-electron chi connectivity index (χ3n) is 3.30. The Hall–Kier alpha value is -1.73. The maximum absolute atomic E-state index is 10.8. The number of aromatic nitrogens is 1. The average molecular weight is 280 g/mol. The van der Waals surface area contributed by atoms with E-state index in [-0.39, 0.29) is 11.8 Å². The summed E-state index contributed by atoms with van der Waals surface area (Å²) < 4.78 is 5.71. The Balaban J connectivity index is 2.11. The molecule has 1 aliphatic heterocycles. The number of likely N-dealkylation sites (N-methyl/N-ethyl adjacent to an activating group) is 1. The first kappa shape index (κ1) is 14.7. The Morgan fingerprint density at radius 1 is 1.60 bits per heavy atom. The van der Waals surface area contributed by atoms with E-state index in [1.165, 1.54) is 6.20 Å². The molecular formula is C13H20N4O3. The number of hydrogen-bond donors (Lipinski definition) is 0. The van der Waals surface area contributed by atoms with Crippen molar-refractivity contribution in [1.29, 1.82) is 0 Å². The van der Waals surface area contributed by atoms with Gasteiger partial charge in [0.05, 0.1) is 17.6 Å². The highest BCUT2D eigenvalue weighted by Crippen LogP contribution is 2.22. The molecule has 1 fully saturated rings. The summed E-state index contributed by atoms with van der Waals surface area (Å²) in [4.78, 5) is 18.8. The molecule has 7 nitrogen and oxygen atoms in total. The SMILES string of the molecule is Cc1cc(N2CCOC(CN(C)C)C2)ncc1[N+](=O)[O-]. The van der Waals surface area contributed by atoms with Crippen LogP contribution in [0.1, 0.15) is 5.56 Å². The average Bonchev–Trinajstić information content (AvgIpc) is 2.37. The summed E-state index contributed by atoms with van der Waals surface area (Å²) in [6, 6.07) is 1.77. The molecule has 0 aliphatic carbocycles. The summed E-state index contributed by atoms with van der Waals surface area (Å²) in [5.74, 6) is 0.778. The minimum atomic E-state index is -0.403. The molecule has 1 atom stereocenters. The predicted octanol–water partition coefficient (Wildman–Crippen LogP) is 1.07. The molecule has 0 amide bonds. The third-order valence-corrected chi connectivity index (χ3v) is 3.30. The van der Waals surface area contributed by atoms with E-state index in [1.54, 1.807) is 13.0 Å². The lowest BCUT2D eigenvalue weighted by Crippen LogP contribution is -2.46. The third kappa shape index (κ3) is 3.43. The maximum Gasteiger partial charge on any atom is 0.290 e. The number of nitrogens with zero attached hydrogens (tertiary/aromatic N) is 4. The number of hydrogen-bond acceptors (Lipinski definition) is 6. The topological polar surface area (TPSA) is 71.7 Å². The molecule has 1 aromatic rings. The van der Waals surface area contributed by atoms with Gasteiger partial charge in [-0.1, -0.05) is 0 Å². The van der Waals surface area contributed by atoms with Crippen LogP contribution in [0.25, 0.3) is 0 Å². The van der Waals surface area contributed by atoms with Crippen LogP contribution >= 0.6 is 0 Å². The van der Waals surface area contributed by atoms with Crippen LogP contribution < -0.4 is 4.90 Å². The standard InChI is InChI=1S/C13H20N4O3/c1-10-6-13(14-7-12(10)17(18)19)16-4-5-20-11(9-16)8-15(2)3/h6-7,11H,4-5,8-9H2,1-3H3. The number of aryl methyl sites for hydroxylation is 1. The van der Waals surface area contributed by atoms with Gasteiger partial charge >= 0.3 is 0 Å². The van der Waals surface area contributed by atoms with E-state index in [9.17, 15) is 10.1 Å². The molecule has 2 rings (SSSR count). The lowest BCUT2D eigenvalue weighted by Gasteiger charge is -2.34. The molecular weight excluding hydrogens is 260 g/mol. The quantitative estimate of drug-likeness (QED) is 0.607. The second-order valence-corrected chi connectivity index (χ2v) is 5.29. The van der Waals surface area contributed by atoms with Gasteiger partial charge in [-0.15, -0.1) is 0 Å². The Morgan fingerprint density at radius 3 is 2.95 bits per heavy atom. The van der Waals surface area contributed by atoms with Gasteiger partial charge in [0.2, 0.25) is 0 Å². The van der Waals surface area contributed by atoms with E-state index in [0.29, 0.717) is 12.2 Å². The summed E-state index contributed by atoms with van der Waals surface area (Å²) in [5, 5.41) is 10.8. The van der Waals surface area contributed by atoms with Crippen LogP contribution in [0.5, 0.6) is 0 Å². The number of anilines is 1. The molecule has 7 heteroatoms. The molecule has 1 unspecified atom stereocenters. The largest absolute Gasteiger partial charge is 0.373 e. The Labute approximate surface area is 118 Å². The molecule has 1 saturated heterocycles. The summed E-state index contributed by atoms with van der Waals surface area (Å²) in [6.45, 7) is 4.75. The first-order chi connectivity index (χ1) is 9.47. The predicted molar refractivity (Wildman–Crippen MR) is 76.1 cm³/mol. The highest BCUT2D eigenvalue weighted by atomic mass is 16.6. The number of rotatable bonds is 4. The zero-order valence-electron chi connectivity index (χ0n) is 12.1. The maximum atomic E-state index is 10.8. The van der Waals surface area contributed by atoms with E-state index < -0.39 is 4.92 Å². The van der Waals surface area contributed by atoms with Gasteiger partial charge in [0.25, 0.3) is 5.69 Å². The molecule has 0 spiro atoms. The van der Waals surface area contributed by atoms with Crippen LogP contribution in [-0.2, 0) is 4.74 Å². The normalized spacial score (nSPS) is 19.4. The van der Waals surface area contributed by atoms with Gasteiger partial charge in [-0.2, -0.15) is 0 Å². The highest BCUT2D eigenvalue weighted by molar-refractivity contribution is 5.48. The fourth-order valence-corrected chi connectivity index (χ4v) is 2.34. The molecule has 20 heavy (non-hydrogen) atoms. The van der Waals surface area contributed by atoms with Gasteiger partial charge in [0, 0.05) is 25.2 Å². The minimum absolute atomic E-state index is 0.0619. The van der Waals surface area contributed by atoms with Crippen molar-refractivity contribution in [3.8, 4) is 0 Å². The van der Waals surface area contributed by atoms with E-state index in [1.807, 2.05) is 14.1 Å². The summed E-state index contributed by atoms with van der Waals surface area (Å²) in [5.41, 5.74) is 0.697.